The van der Waals surface area contributed by atoms with Gasteiger partial charge in [0.2, 0.25) is 0 Å². The fourth-order valence-corrected chi connectivity index (χ4v) is 2.17. The molecule has 0 aromatic rings. The molecule has 3 heteroatoms. The van der Waals surface area contributed by atoms with E-state index in [9.17, 15) is 0 Å². The molecular weight excluding hydrogens is 212 g/mol. The Morgan fingerprint density at radius 1 is 1.12 bits per heavy atom. The van der Waals surface area contributed by atoms with Crippen LogP contribution in [0.3, 0.4) is 0 Å². The zero-order valence-corrected chi connectivity index (χ0v) is 12.6. The van der Waals surface area contributed by atoms with Gasteiger partial charge in [0, 0.05) is 25.7 Å². The molecule has 3 nitrogen and oxygen atoms in total. The fraction of sp³-hybridized carbons (Fsp3) is 1.00. The van der Waals surface area contributed by atoms with Gasteiger partial charge in [-0.1, -0.05) is 27.7 Å². The van der Waals surface area contributed by atoms with Crippen molar-refractivity contribution in [3.05, 3.63) is 0 Å². The van der Waals surface area contributed by atoms with Crippen LogP contribution >= 0.6 is 0 Å². The number of likely N-dealkylation sites (N-methyl/N-ethyl adjacent to an activating group) is 1. The summed E-state index contributed by atoms with van der Waals surface area (Å²) in [6.07, 6.45) is 1.19. The van der Waals surface area contributed by atoms with Crippen molar-refractivity contribution in [1.82, 2.24) is 10.2 Å². The van der Waals surface area contributed by atoms with Crippen LogP contribution in [-0.2, 0) is 4.74 Å². The second-order valence-electron chi connectivity index (χ2n) is 5.25. The lowest BCUT2D eigenvalue weighted by Crippen LogP contribution is -2.49. The van der Waals surface area contributed by atoms with Crippen LogP contribution in [0.15, 0.2) is 0 Å². The first kappa shape index (κ1) is 16.9. The van der Waals surface area contributed by atoms with Gasteiger partial charge in [0.1, 0.15) is 0 Å². The first-order valence-electron chi connectivity index (χ1n) is 7.02. The molecule has 0 saturated carbocycles. The summed E-state index contributed by atoms with van der Waals surface area (Å²) in [7, 11) is 1.79. The lowest BCUT2D eigenvalue weighted by atomic mass is 10.1. The van der Waals surface area contributed by atoms with Gasteiger partial charge in [-0.15, -0.1) is 0 Å². The highest BCUT2D eigenvalue weighted by atomic mass is 16.5. The number of ether oxygens (including phenoxy) is 1. The fourth-order valence-electron chi connectivity index (χ4n) is 2.17. The van der Waals surface area contributed by atoms with Crippen molar-refractivity contribution >= 4 is 0 Å². The maximum atomic E-state index is 5.36. The highest BCUT2D eigenvalue weighted by Crippen LogP contribution is 2.09. The molecule has 104 valence electrons. The van der Waals surface area contributed by atoms with Crippen LogP contribution in [0.5, 0.6) is 0 Å². The van der Waals surface area contributed by atoms with Crippen LogP contribution in [0, 0.1) is 5.92 Å². The third-order valence-corrected chi connectivity index (χ3v) is 3.28. The average Bonchev–Trinajstić information content (AvgIpc) is 2.29. The number of hydrogen-bond acceptors (Lipinski definition) is 3. The van der Waals surface area contributed by atoms with Crippen LogP contribution in [0.25, 0.3) is 0 Å². The van der Waals surface area contributed by atoms with E-state index in [0.29, 0.717) is 18.0 Å². The van der Waals surface area contributed by atoms with Gasteiger partial charge in [-0.3, -0.25) is 4.90 Å². The first-order valence-corrected chi connectivity index (χ1v) is 7.02. The second kappa shape index (κ2) is 9.86. The van der Waals surface area contributed by atoms with Gasteiger partial charge in [-0.2, -0.15) is 0 Å². The van der Waals surface area contributed by atoms with Crippen molar-refractivity contribution in [2.75, 3.05) is 33.4 Å². The Hall–Kier alpha value is -0.120. The zero-order valence-electron chi connectivity index (χ0n) is 12.6. The number of nitrogens with zero attached hydrogens (tertiary/aromatic N) is 1. The Kier molecular flexibility index (Phi) is 9.79. The van der Waals surface area contributed by atoms with Gasteiger partial charge in [0.05, 0.1) is 6.61 Å². The molecule has 0 aromatic carbocycles. The lowest BCUT2D eigenvalue weighted by molar-refractivity contribution is 0.0670. The van der Waals surface area contributed by atoms with Gasteiger partial charge in [0.25, 0.3) is 0 Å². The Morgan fingerprint density at radius 2 is 1.76 bits per heavy atom. The summed E-state index contributed by atoms with van der Waals surface area (Å²) in [4.78, 5) is 2.54. The van der Waals surface area contributed by atoms with E-state index in [2.05, 4.69) is 44.8 Å². The Bertz CT molecular complexity index is 174. The molecule has 0 heterocycles. The molecule has 0 radical (unpaired) electrons. The third kappa shape index (κ3) is 7.02. The molecule has 0 aromatic heterocycles. The van der Waals surface area contributed by atoms with Crippen molar-refractivity contribution in [3.8, 4) is 0 Å². The smallest absolute Gasteiger partial charge is 0.0630 e. The van der Waals surface area contributed by atoms with Crippen LogP contribution in [0.1, 0.15) is 41.0 Å². The van der Waals surface area contributed by atoms with Gasteiger partial charge in [-0.05, 0) is 32.4 Å². The highest BCUT2D eigenvalue weighted by molar-refractivity contribution is 4.77. The molecule has 1 N–H and O–H groups in total. The molecule has 0 bridgehead atoms. The zero-order chi connectivity index (χ0) is 13.3. The Balaban J connectivity index is 4.25. The minimum absolute atomic E-state index is 0.485. The molecule has 0 aliphatic heterocycles. The Labute approximate surface area is 108 Å². The second-order valence-corrected chi connectivity index (χ2v) is 5.25. The normalized spacial score (nSPS) is 15.5. The SMILES string of the molecule is CCC(C)N(CC)C(CNCC(C)C)COC. The van der Waals surface area contributed by atoms with E-state index in [0.717, 1.165) is 26.2 Å². The van der Waals surface area contributed by atoms with Gasteiger partial charge >= 0.3 is 0 Å². The molecule has 0 fully saturated rings. The van der Waals surface area contributed by atoms with Gasteiger partial charge < -0.3 is 10.1 Å². The minimum Gasteiger partial charge on any atom is -0.383 e. The maximum absolute atomic E-state index is 5.36. The summed E-state index contributed by atoms with van der Waals surface area (Å²) in [6.45, 7) is 15.3. The van der Waals surface area contributed by atoms with E-state index in [-0.39, 0.29) is 0 Å². The molecular formula is C14H32N2O. The molecule has 0 saturated heterocycles. The number of nitrogens with one attached hydrogen (secondary N) is 1. The number of hydrogen-bond donors (Lipinski definition) is 1. The van der Waals surface area contributed by atoms with E-state index in [1.165, 1.54) is 6.42 Å². The molecule has 0 amide bonds. The van der Waals surface area contributed by atoms with E-state index in [4.69, 9.17) is 4.74 Å². The predicted octanol–water partition coefficient (Wildman–Crippen LogP) is 2.37. The third-order valence-electron chi connectivity index (χ3n) is 3.28. The molecule has 2 unspecified atom stereocenters. The summed E-state index contributed by atoms with van der Waals surface area (Å²) in [5.74, 6) is 0.705. The minimum atomic E-state index is 0.485. The summed E-state index contributed by atoms with van der Waals surface area (Å²) >= 11 is 0. The highest BCUT2D eigenvalue weighted by Gasteiger charge is 2.20. The van der Waals surface area contributed by atoms with E-state index < -0.39 is 0 Å². The largest absolute Gasteiger partial charge is 0.383 e. The molecule has 2 atom stereocenters. The van der Waals surface area contributed by atoms with E-state index in [1.54, 1.807) is 7.11 Å². The van der Waals surface area contributed by atoms with Crippen molar-refractivity contribution in [2.45, 2.75) is 53.1 Å². The van der Waals surface area contributed by atoms with Crippen LogP contribution in [0.4, 0.5) is 0 Å². The van der Waals surface area contributed by atoms with Crippen LogP contribution in [0.2, 0.25) is 0 Å². The van der Waals surface area contributed by atoms with Crippen LogP contribution in [-0.4, -0.2) is 50.3 Å². The molecule has 17 heavy (non-hydrogen) atoms. The maximum Gasteiger partial charge on any atom is 0.0630 e. The summed E-state index contributed by atoms with van der Waals surface area (Å²) in [5, 5.41) is 3.54. The van der Waals surface area contributed by atoms with Crippen molar-refractivity contribution in [3.63, 3.8) is 0 Å². The van der Waals surface area contributed by atoms with Crippen molar-refractivity contribution < 1.29 is 4.74 Å². The van der Waals surface area contributed by atoms with Gasteiger partial charge in [0.15, 0.2) is 0 Å². The van der Waals surface area contributed by atoms with E-state index in [1.807, 2.05) is 0 Å². The summed E-state index contributed by atoms with van der Waals surface area (Å²) < 4.78 is 5.36. The summed E-state index contributed by atoms with van der Waals surface area (Å²) in [6, 6.07) is 1.11. The molecule has 0 aliphatic carbocycles. The Morgan fingerprint density at radius 3 is 2.18 bits per heavy atom. The van der Waals surface area contributed by atoms with Crippen LogP contribution < -0.4 is 5.32 Å². The summed E-state index contributed by atoms with van der Waals surface area (Å²) in [5.41, 5.74) is 0. The van der Waals surface area contributed by atoms with Crippen molar-refractivity contribution in [2.24, 2.45) is 5.92 Å². The molecule has 0 spiro atoms. The van der Waals surface area contributed by atoms with Gasteiger partial charge in [-0.25, -0.2) is 0 Å². The average molecular weight is 244 g/mol. The predicted molar refractivity (Wildman–Crippen MR) is 75.5 cm³/mol. The first-order chi connectivity index (χ1) is 8.06. The quantitative estimate of drug-likeness (QED) is 0.638. The standard InChI is InChI=1S/C14H32N2O/c1-7-13(5)16(8-2)14(11-17-6)10-15-9-12(3)4/h12-15H,7-11H2,1-6H3. The molecule has 0 aliphatic rings. The topological polar surface area (TPSA) is 24.5 Å². The number of methoxy groups -OCH3 is 1. The van der Waals surface area contributed by atoms with Crippen molar-refractivity contribution in [1.29, 1.82) is 0 Å². The number of rotatable bonds is 10. The molecule has 0 rings (SSSR count). The van der Waals surface area contributed by atoms with E-state index >= 15 is 0 Å². The monoisotopic (exact) mass is 244 g/mol. The lowest BCUT2D eigenvalue weighted by Gasteiger charge is -2.35.